The summed E-state index contributed by atoms with van der Waals surface area (Å²) in [6.07, 6.45) is 4.31. The van der Waals surface area contributed by atoms with Crippen LogP contribution in [0.1, 0.15) is 33.5 Å². The predicted octanol–water partition coefficient (Wildman–Crippen LogP) is 8.93. The van der Waals surface area contributed by atoms with Crippen LogP contribution in [0.3, 0.4) is 0 Å². The highest BCUT2D eigenvalue weighted by atomic mass is 15.0. The molecule has 3 aliphatic heterocycles. The van der Waals surface area contributed by atoms with Crippen LogP contribution in [-0.4, -0.2) is 15.1 Å². The van der Waals surface area contributed by atoms with Gasteiger partial charge >= 0.3 is 0 Å². The van der Waals surface area contributed by atoms with Crippen molar-refractivity contribution in [1.29, 1.82) is 0 Å². The normalized spacial score (nSPS) is 14.2. The fourth-order valence-corrected chi connectivity index (χ4v) is 8.32. The van der Waals surface area contributed by atoms with Gasteiger partial charge < -0.3 is 4.98 Å². The molecule has 0 spiro atoms. The first-order chi connectivity index (χ1) is 27.8. The average Bonchev–Trinajstić information content (AvgIpc) is 4.10. The molecular weight excluding hydrogens is 681 g/mol. The summed E-state index contributed by atoms with van der Waals surface area (Å²) in [5, 5.41) is 1.92. The first kappa shape index (κ1) is 31.8. The summed E-state index contributed by atoms with van der Waals surface area (Å²) in [6.45, 7) is 0. The topological polar surface area (TPSA) is 44.9 Å². The second-order valence-corrected chi connectivity index (χ2v) is 14.1. The zero-order valence-corrected chi connectivity index (χ0v) is 30.2. The number of hydrogen-bond donors (Lipinski definition) is 1. The lowest BCUT2D eigenvalue weighted by molar-refractivity contribution is 1.06. The molecule has 11 rings (SSSR count). The number of aromatic nitrogens is 2. The Balaban J connectivity index is 1.36. The smallest absolute Gasteiger partial charge is 0.147 e. The van der Waals surface area contributed by atoms with Crippen molar-refractivity contribution in [1.82, 2.24) is 9.38 Å². The Labute approximate surface area is 323 Å². The van der Waals surface area contributed by atoms with Gasteiger partial charge in [-0.1, -0.05) is 151 Å². The monoisotopic (exact) mass is 712 g/mol. The number of fused-ring (bicyclic) bond motifs is 4. The summed E-state index contributed by atoms with van der Waals surface area (Å²) in [7, 11) is 0. The van der Waals surface area contributed by atoms with E-state index in [1.165, 1.54) is 0 Å². The molecule has 0 aliphatic carbocycles. The third-order valence-corrected chi connectivity index (χ3v) is 10.8. The van der Waals surface area contributed by atoms with Gasteiger partial charge in [0, 0.05) is 44.1 Å². The second kappa shape index (κ2) is 13.0. The quantitative estimate of drug-likeness (QED) is 0.177. The minimum absolute atomic E-state index is 0.836. The Kier molecular flexibility index (Phi) is 7.36. The molecule has 3 aliphatic rings. The van der Waals surface area contributed by atoms with E-state index in [4.69, 9.17) is 9.98 Å². The van der Waals surface area contributed by atoms with Gasteiger partial charge in [-0.05, 0) is 70.8 Å². The van der Waals surface area contributed by atoms with Crippen LogP contribution in [0.4, 0.5) is 0 Å². The standard InChI is InChI=1S/C52H32N4/c1-6-16-34(17-7-1)26-27-39-50-49(38-24-14-5-15-25-38)45-33-32-44-47(36-20-10-3-11-21-36)42-30-28-40(53-42)46(35-18-8-2-9-19-35)41-29-31-43(54-41)48(37-22-12-4-13-23-37)51(39)55-52(50)56(44)45/h1-25,28-33,54H. The van der Waals surface area contributed by atoms with Gasteiger partial charge in [-0.2, -0.15) is 0 Å². The summed E-state index contributed by atoms with van der Waals surface area (Å²) in [6, 6.07) is 61.4. The van der Waals surface area contributed by atoms with Gasteiger partial charge in [-0.15, -0.1) is 0 Å². The van der Waals surface area contributed by atoms with Crippen LogP contribution in [-0.2, 0) is 0 Å². The molecule has 0 radical (unpaired) electrons. The summed E-state index contributed by atoms with van der Waals surface area (Å²) < 4.78 is 2.34. The Hall–Kier alpha value is -7.74. The first-order valence-corrected chi connectivity index (χ1v) is 18.9. The molecule has 260 valence electrons. The summed E-state index contributed by atoms with van der Waals surface area (Å²) in [4.78, 5) is 15.0. The molecule has 0 saturated heterocycles. The average molecular weight is 713 g/mol. The van der Waals surface area contributed by atoms with Crippen LogP contribution in [0.25, 0.3) is 38.9 Å². The van der Waals surface area contributed by atoms with Crippen molar-refractivity contribution in [3.05, 3.63) is 249 Å². The molecule has 5 aromatic carbocycles. The van der Waals surface area contributed by atoms with E-state index in [1.807, 2.05) is 18.2 Å². The number of hydrogen-bond acceptors (Lipinski definition) is 2. The SMILES string of the molecule is C(#Cc1ccccc1)C1=C2N=c3c1c(-c1ccccc1)c1ccc(n31)C(c1ccccc1)=C1C=CC(=N1)C(c1ccccc1)=c1ccc([nH]1)=C2c1ccccc1. The number of nitrogens with one attached hydrogen (secondary N) is 1. The minimum Gasteiger partial charge on any atom is -0.354 e. The first-order valence-electron chi connectivity index (χ1n) is 18.9. The molecule has 4 heteroatoms. The van der Waals surface area contributed by atoms with Crippen LogP contribution >= 0.6 is 0 Å². The maximum atomic E-state index is 5.71. The van der Waals surface area contributed by atoms with E-state index in [-0.39, 0.29) is 0 Å². The highest BCUT2D eigenvalue weighted by Crippen LogP contribution is 2.42. The van der Waals surface area contributed by atoms with Crippen LogP contribution in [0.5, 0.6) is 0 Å². The van der Waals surface area contributed by atoms with Gasteiger partial charge in [-0.3, -0.25) is 4.40 Å². The van der Waals surface area contributed by atoms with Gasteiger partial charge in [0.25, 0.3) is 0 Å². The molecule has 0 atom stereocenters. The fourth-order valence-electron chi connectivity index (χ4n) is 8.32. The summed E-state index contributed by atoms with van der Waals surface area (Å²) >= 11 is 0. The molecule has 3 aromatic heterocycles. The van der Waals surface area contributed by atoms with Gasteiger partial charge in [0.05, 0.1) is 33.9 Å². The van der Waals surface area contributed by atoms with E-state index >= 15 is 0 Å². The van der Waals surface area contributed by atoms with Crippen molar-refractivity contribution in [2.24, 2.45) is 9.98 Å². The van der Waals surface area contributed by atoms with Gasteiger partial charge in [0.15, 0.2) is 0 Å². The van der Waals surface area contributed by atoms with Gasteiger partial charge in [-0.25, -0.2) is 9.98 Å². The molecule has 1 N–H and O–H groups in total. The summed E-state index contributed by atoms with van der Waals surface area (Å²) in [5.41, 5.74) is 16.9. The second-order valence-electron chi connectivity index (χ2n) is 14.1. The maximum Gasteiger partial charge on any atom is 0.147 e. The molecular formula is C52H32N4. The number of nitrogens with zero attached hydrogens (tertiary/aromatic N) is 3. The Morgan fingerprint density at radius 2 is 1.00 bits per heavy atom. The lowest BCUT2D eigenvalue weighted by Crippen LogP contribution is -2.20. The fraction of sp³-hybridized carbons (Fsp3) is 0. The van der Waals surface area contributed by atoms with E-state index in [0.717, 1.165) is 106 Å². The van der Waals surface area contributed by atoms with E-state index in [2.05, 4.69) is 191 Å². The molecule has 0 amide bonds. The Morgan fingerprint density at radius 1 is 0.446 bits per heavy atom. The summed E-state index contributed by atoms with van der Waals surface area (Å²) in [5.74, 6) is 7.25. The Morgan fingerprint density at radius 3 is 1.64 bits per heavy atom. The zero-order valence-electron chi connectivity index (χ0n) is 30.2. The molecule has 0 saturated carbocycles. The number of H-pyrrole nitrogens is 1. The molecule has 0 unspecified atom stereocenters. The van der Waals surface area contributed by atoms with Crippen molar-refractivity contribution in [3.63, 3.8) is 0 Å². The molecule has 6 bridgehead atoms. The maximum absolute atomic E-state index is 5.71. The molecule has 0 fully saturated rings. The van der Waals surface area contributed by atoms with Crippen molar-refractivity contribution in [2.75, 3.05) is 0 Å². The van der Waals surface area contributed by atoms with E-state index in [1.54, 1.807) is 0 Å². The van der Waals surface area contributed by atoms with Crippen molar-refractivity contribution >= 4 is 33.5 Å². The van der Waals surface area contributed by atoms with Gasteiger partial charge in [0.2, 0.25) is 0 Å². The highest BCUT2D eigenvalue weighted by Gasteiger charge is 2.32. The van der Waals surface area contributed by atoms with Crippen LogP contribution in [0.15, 0.2) is 209 Å². The Bertz CT molecular complexity index is 3240. The minimum atomic E-state index is 0.836. The van der Waals surface area contributed by atoms with E-state index < -0.39 is 0 Å². The number of rotatable bonds is 4. The lowest BCUT2D eigenvalue weighted by Gasteiger charge is -2.12. The molecule has 56 heavy (non-hydrogen) atoms. The number of benzene rings is 5. The molecule has 4 nitrogen and oxygen atoms in total. The number of aromatic amines is 1. The largest absolute Gasteiger partial charge is 0.354 e. The predicted molar refractivity (Wildman–Crippen MR) is 227 cm³/mol. The molecule has 6 heterocycles. The zero-order chi connectivity index (χ0) is 37.0. The van der Waals surface area contributed by atoms with Crippen LogP contribution in [0.2, 0.25) is 0 Å². The van der Waals surface area contributed by atoms with Crippen LogP contribution < -0.4 is 16.2 Å². The van der Waals surface area contributed by atoms with E-state index in [0.29, 0.717) is 0 Å². The third-order valence-electron chi connectivity index (χ3n) is 10.8. The highest BCUT2D eigenvalue weighted by molar-refractivity contribution is 6.30. The van der Waals surface area contributed by atoms with Crippen molar-refractivity contribution < 1.29 is 0 Å². The third kappa shape index (κ3) is 5.10. The van der Waals surface area contributed by atoms with Crippen molar-refractivity contribution in [3.8, 4) is 23.0 Å². The van der Waals surface area contributed by atoms with E-state index in [9.17, 15) is 0 Å². The number of allylic oxidation sites excluding steroid dienone is 4. The lowest BCUT2D eigenvalue weighted by atomic mass is 9.93. The van der Waals surface area contributed by atoms with Crippen molar-refractivity contribution in [2.45, 2.75) is 0 Å². The molecule has 8 aromatic rings. The van der Waals surface area contributed by atoms with Gasteiger partial charge in [0.1, 0.15) is 5.49 Å². The number of aliphatic imine (C=N–C) groups is 1. The van der Waals surface area contributed by atoms with Crippen LogP contribution in [0, 0.1) is 11.8 Å².